The number of carbonyl (C=O) groups excluding carboxylic acids is 1. The highest BCUT2D eigenvalue weighted by molar-refractivity contribution is 9.10. The number of likely N-dealkylation sites (N-methyl/N-ethyl adjacent to an activating group) is 1. The Morgan fingerprint density at radius 3 is 2.87 bits per heavy atom. The average molecular weight is 291 g/mol. The van der Waals surface area contributed by atoms with Gasteiger partial charge in [0.25, 0.3) is 5.91 Å². The quantitative estimate of drug-likeness (QED) is 0.735. The highest BCUT2D eigenvalue weighted by atomic mass is 79.9. The molecule has 0 N–H and O–H groups in total. The van der Waals surface area contributed by atoms with Crippen LogP contribution in [0.15, 0.2) is 16.6 Å². The molecule has 2 rings (SSSR count). The van der Waals surface area contributed by atoms with E-state index in [0.717, 1.165) is 4.47 Å². The third-order valence-corrected chi connectivity index (χ3v) is 3.13. The number of anilines is 1. The van der Waals surface area contributed by atoms with E-state index >= 15 is 0 Å². The number of ether oxygens (including phenoxy) is 1. The highest BCUT2D eigenvalue weighted by Crippen LogP contribution is 2.41. The molecule has 1 unspecified atom stereocenters. The van der Waals surface area contributed by atoms with Gasteiger partial charge in [0.15, 0.2) is 11.9 Å². The molecule has 1 aliphatic heterocycles. The van der Waals surface area contributed by atoms with Gasteiger partial charge >= 0.3 is 0 Å². The number of nitrogens with zero attached hydrogens (tertiary/aromatic N) is 1. The number of hydrogen-bond donors (Lipinski definition) is 0. The Balaban J connectivity index is 2.60. The van der Waals surface area contributed by atoms with Gasteiger partial charge in [-0.1, -0.05) is 11.6 Å². The number of halogens is 2. The standard InChI is InChI=1S/C10H9BrClNO2/c1-5-10(14)13(2)8-4-6(12)3-7(11)9(8)15-5/h3-5H,1-2H3. The first kappa shape index (κ1) is 10.8. The van der Waals surface area contributed by atoms with E-state index in [-0.39, 0.29) is 5.91 Å². The normalized spacial score (nSPS) is 19.9. The summed E-state index contributed by atoms with van der Waals surface area (Å²) in [5.74, 6) is 0.589. The molecule has 0 aliphatic carbocycles. The lowest BCUT2D eigenvalue weighted by atomic mass is 10.2. The molecular formula is C10H9BrClNO2. The van der Waals surface area contributed by atoms with Crippen LogP contribution in [0, 0.1) is 0 Å². The molecule has 3 nitrogen and oxygen atoms in total. The molecular weight excluding hydrogens is 281 g/mol. The molecule has 0 fully saturated rings. The molecule has 0 bridgehead atoms. The SMILES string of the molecule is CC1Oc2c(Br)cc(Cl)cc2N(C)C1=O. The highest BCUT2D eigenvalue weighted by Gasteiger charge is 2.30. The zero-order valence-electron chi connectivity index (χ0n) is 8.25. The van der Waals surface area contributed by atoms with Crippen molar-refractivity contribution in [3.05, 3.63) is 21.6 Å². The Bertz CT molecular complexity index is 436. The zero-order valence-corrected chi connectivity index (χ0v) is 10.6. The van der Waals surface area contributed by atoms with Gasteiger partial charge in [-0.25, -0.2) is 0 Å². The predicted octanol–water partition coefficient (Wildman–Crippen LogP) is 2.85. The monoisotopic (exact) mass is 289 g/mol. The van der Waals surface area contributed by atoms with Crippen LogP contribution in [0.5, 0.6) is 5.75 Å². The van der Waals surface area contributed by atoms with Crippen LogP contribution in [0.1, 0.15) is 6.92 Å². The third kappa shape index (κ3) is 1.72. The molecule has 1 heterocycles. The fraction of sp³-hybridized carbons (Fsp3) is 0.300. The molecule has 0 aromatic heterocycles. The van der Waals surface area contributed by atoms with Crippen LogP contribution in [0.4, 0.5) is 5.69 Å². The summed E-state index contributed by atoms with van der Waals surface area (Å²) >= 11 is 9.27. The molecule has 80 valence electrons. The Morgan fingerprint density at radius 2 is 2.20 bits per heavy atom. The maximum absolute atomic E-state index is 11.7. The average Bonchev–Trinajstić information content (AvgIpc) is 2.17. The van der Waals surface area contributed by atoms with Crippen molar-refractivity contribution in [2.45, 2.75) is 13.0 Å². The van der Waals surface area contributed by atoms with Crippen LogP contribution in [0.25, 0.3) is 0 Å². The molecule has 0 spiro atoms. The van der Waals surface area contributed by atoms with Gasteiger partial charge in [0.2, 0.25) is 0 Å². The van der Waals surface area contributed by atoms with E-state index in [1.807, 2.05) is 0 Å². The number of rotatable bonds is 0. The summed E-state index contributed by atoms with van der Waals surface area (Å²) < 4.78 is 6.26. The molecule has 0 saturated heterocycles. The fourth-order valence-corrected chi connectivity index (χ4v) is 2.42. The smallest absolute Gasteiger partial charge is 0.267 e. The Hall–Kier alpha value is -0.740. The minimum absolute atomic E-state index is 0.0725. The summed E-state index contributed by atoms with van der Waals surface area (Å²) in [6.45, 7) is 1.73. The second-order valence-corrected chi connectivity index (χ2v) is 4.68. The maximum atomic E-state index is 11.7. The van der Waals surface area contributed by atoms with Gasteiger partial charge in [-0.2, -0.15) is 0 Å². The number of benzene rings is 1. The van der Waals surface area contributed by atoms with E-state index in [1.165, 1.54) is 0 Å². The number of hydrogen-bond acceptors (Lipinski definition) is 2. The van der Waals surface area contributed by atoms with Crippen molar-refractivity contribution in [1.29, 1.82) is 0 Å². The molecule has 0 radical (unpaired) electrons. The van der Waals surface area contributed by atoms with E-state index in [0.29, 0.717) is 16.5 Å². The lowest BCUT2D eigenvalue weighted by molar-refractivity contribution is -0.125. The minimum Gasteiger partial charge on any atom is -0.477 e. The van der Waals surface area contributed by atoms with Crippen molar-refractivity contribution in [3.8, 4) is 5.75 Å². The summed E-state index contributed by atoms with van der Waals surface area (Å²) in [6.07, 6.45) is -0.458. The van der Waals surface area contributed by atoms with Crippen LogP contribution in [0.2, 0.25) is 5.02 Å². The van der Waals surface area contributed by atoms with Crippen LogP contribution >= 0.6 is 27.5 Å². The first-order valence-electron chi connectivity index (χ1n) is 4.44. The number of fused-ring (bicyclic) bond motifs is 1. The molecule has 1 aliphatic rings. The first-order chi connectivity index (χ1) is 7.00. The summed E-state index contributed by atoms with van der Waals surface area (Å²) in [5, 5.41) is 0.568. The zero-order chi connectivity index (χ0) is 11.2. The van der Waals surface area contributed by atoms with E-state index < -0.39 is 6.10 Å². The van der Waals surface area contributed by atoms with Gasteiger partial charge in [0, 0.05) is 12.1 Å². The predicted molar refractivity (Wildman–Crippen MR) is 62.7 cm³/mol. The van der Waals surface area contributed by atoms with Gasteiger partial charge in [-0.05, 0) is 35.0 Å². The molecule has 1 aromatic carbocycles. The van der Waals surface area contributed by atoms with Crippen LogP contribution in [0.3, 0.4) is 0 Å². The maximum Gasteiger partial charge on any atom is 0.267 e. The van der Waals surface area contributed by atoms with Crippen molar-refractivity contribution in [3.63, 3.8) is 0 Å². The van der Waals surface area contributed by atoms with Gasteiger partial charge < -0.3 is 9.64 Å². The second-order valence-electron chi connectivity index (χ2n) is 3.39. The summed E-state index contributed by atoms with van der Waals surface area (Å²) in [4.78, 5) is 13.2. The lowest BCUT2D eigenvalue weighted by Gasteiger charge is -2.30. The first-order valence-corrected chi connectivity index (χ1v) is 5.61. The summed E-state index contributed by atoms with van der Waals surface area (Å²) in [7, 11) is 1.71. The van der Waals surface area contributed by atoms with Crippen LogP contribution < -0.4 is 9.64 Å². The van der Waals surface area contributed by atoms with E-state index in [2.05, 4.69) is 15.9 Å². The number of amides is 1. The molecule has 1 aromatic rings. The Labute approximate surface area is 101 Å². The molecule has 15 heavy (non-hydrogen) atoms. The second kappa shape index (κ2) is 3.68. The minimum atomic E-state index is -0.458. The van der Waals surface area contributed by atoms with Crippen molar-refractivity contribution in [2.75, 3.05) is 11.9 Å². The van der Waals surface area contributed by atoms with Gasteiger partial charge in [0.1, 0.15) is 0 Å². The van der Waals surface area contributed by atoms with Gasteiger partial charge in [-0.3, -0.25) is 4.79 Å². The van der Waals surface area contributed by atoms with Crippen molar-refractivity contribution in [1.82, 2.24) is 0 Å². The number of carbonyl (C=O) groups is 1. The summed E-state index contributed by atoms with van der Waals surface area (Å²) in [6, 6.07) is 3.46. The van der Waals surface area contributed by atoms with E-state index in [1.54, 1.807) is 31.0 Å². The molecule has 5 heteroatoms. The molecule has 1 amide bonds. The van der Waals surface area contributed by atoms with Crippen molar-refractivity contribution in [2.24, 2.45) is 0 Å². The summed E-state index contributed by atoms with van der Waals surface area (Å²) in [5.41, 5.74) is 0.692. The van der Waals surface area contributed by atoms with E-state index in [9.17, 15) is 4.79 Å². The Morgan fingerprint density at radius 1 is 1.53 bits per heavy atom. The van der Waals surface area contributed by atoms with E-state index in [4.69, 9.17) is 16.3 Å². The van der Waals surface area contributed by atoms with Gasteiger partial charge in [-0.15, -0.1) is 0 Å². The van der Waals surface area contributed by atoms with Gasteiger partial charge in [0.05, 0.1) is 10.2 Å². The largest absolute Gasteiger partial charge is 0.477 e. The fourth-order valence-electron chi connectivity index (χ4n) is 1.53. The van der Waals surface area contributed by atoms with Crippen LogP contribution in [-0.2, 0) is 4.79 Å². The van der Waals surface area contributed by atoms with Crippen molar-refractivity contribution >= 4 is 39.1 Å². The van der Waals surface area contributed by atoms with Crippen LogP contribution in [-0.4, -0.2) is 19.1 Å². The van der Waals surface area contributed by atoms with Crippen molar-refractivity contribution < 1.29 is 9.53 Å². The Kier molecular flexibility index (Phi) is 2.64. The third-order valence-electron chi connectivity index (χ3n) is 2.32. The molecule has 1 atom stereocenters. The topological polar surface area (TPSA) is 29.5 Å². The molecule has 0 saturated carbocycles. The lowest BCUT2D eigenvalue weighted by Crippen LogP contribution is -2.42.